The second-order valence-corrected chi connectivity index (χ2v) is 9.48. The topological polar surface area (TPSA) is 78.5 Å². The van der Waals surface area contributed by atoms with Gasteiger partial charge in [-0.2, -0.15) is 0 Å². The largest absolute Gasteiger partial charge is 0.355 e. The fraction of sp³-hybridized carbons (Fsp3) is 0.650. The molecule has 0 radical (unpaired) electrons. The molecule has 27 heavy (non-hydrogen) atoms. The molecule has 1 aromatic rings. The molecular formula is C20H33N3O3S. The lowest BCUT2D eigenvalue weighted by atomic mass is 10.0. The third-order valence-electron chi connectivity index (χ3n) is 5.01. The van der Waals surface area contributed by atoms with Crippen molar-refractivity contribution < 1.29 is 13.2 Å². The van der Waals surface area contributed by atoms with Crippen LogP contribution in [0, 0.1) is 26.7 Å². The molecule has 0 bridgehead atoms. The normalized spacial score (nSPS) is 18.4. The van der Waals surface area contributed by atoms with Gasteiger partial charge in [-0.25, -0.2) is 13.1 Å². The smallest absolute Gasteiger partial charge is 0.241 e. The fourth-order valence-electron chi connectivity index (χ4n) is 3.89. The molecule has 1 aliphatic heterocycles. The zero-order valence-corrected chi connectivity index (χ0v) is 17.8. The zero-order chi connectivity index (χ0) is 20.0. The van der Waals surface area contributed by atoms with E-state index in [1.807, 2.05) is 19.1 Å². The van der Waals surface area contributed by atoms with Gasteiger partial charge in [-0.15, -0.1) is 0 Å². The van der Waals surface area contributed by atoms with E-state index in [1.54, 1.807) is 13.8 Å². The molecule has 1 heterocycles. The van der Waals surface area contributed by atoms with E-state index in [0.717, 1.165) is 42.2 Å². The molecule has 2 rings (SSSR count). The summed E-state index contributed by atoms with van der Waals surface area (Å²) in [5, 5.41) is 2.89. The van der Waals surface area contributed by atoms with Crippen molar-refractivity contribution in [2.75, 3.05) is 32.7 Å². The van der Waals surface area contributed by atoms with Crippen LogP contribution < -0.4 is 10.0 Å². The van der Waals surface area contributed by atoms with E-state index >= 15 is 0 Å². The molecule has 0 saturated carbocycles. The SMILES string of the molecule is Cc1cc(C)c(S(=O)(=O)NCCC(=O)NCCN2CCCC(C)C2)c(C)c1. The number of nitrogens with zero attached hydrogens (tertiary/aromatic N) is 1. The molecule has 1 atom stereocenters. The molecule has 1 amide bonds. The minimum absolute atomic E-state index is 0.0989. The van der Waals surface area contributed by atoms with Crippen LogP contribution in [0.1, 0.15) is 42.9 Å². The van der Waals surface area contributed by atoms with Crippen molar-refractivity contribution >= 4 is 15.9 Å². The van der Waals surface area contributed by atoms with Crippen LogP contribution in [0.4, 0.5) is 0 Å². The number of sulfonamides is 1. The summed E-state index contributed by atoms with van der Waals surface area (Å²) in [6.07, 6.45) is 2.64. The second kappa shape index (κ2) is 9.66. The lowest BCUT2D eigenvalue weighted by molar-refractivity contribution is -0.121. The summed E-state index contributed by atoms with van der Waals surface area (Å²) in [5.74, 6) is 0.595. The van der Waals surface area contributed by atoms with Crippen LogP contribution in [-0.2, 0) is 14.8 Å². The number of rotatable bonds is 8. The predicted octanol–water partition coefficient (Wildman–Crippen LogP) is 2.13. The van der Waals surface area contributed by atoms with Crippen LogP contribution in [0.2, 0.25) is 0 Å². The van der Waals surface area contributed by atoms with Crippen LogP contribution >= 0.6 is 0 Å². The lowest BCUT2D eigenvalue weighted by Crippen LogP contribution is -2.40. The van der Waals surface area contributed by atoms with Crippen molar-refractivity contribution in [1.29, 1.82) is 0 Å². The number of hydrogen-bond acceptors (Lipinski definition) is 4. The van der Waals surface area contributed by atoms with Gasteiger partial charge in [0.1, 0.15) is 0 Å². The number of aryl methyl sites for hydroxylation is 3. The van der Waals surface area contributed by atoms with Crippen LogP contribution in [0.15, 0.2) is 17.0 Å². The van der Waals surface area contributed by atoms with Gasteiger partial charge in [0, 0.05) is 32.6 Å². The Hall–Kier alpha value is -1.44. The summed E-state index contributed by atoms with van der Waals surface area (Å²) < 4.78 is 27.7. The van der Waals surface area contributed by atoms with Crippen LogP contribution in [-0.4, -0.2) is 51.9 Å². The molecule has 1 aliphatic rings. The average molecular weight is 396 g/mol. The Morgan fingerprint density at radius 3 is 2.48 bits per heavy atom. The molecule has 0 spiro atoms. The van der Waals surface area contributed by atoms with Gasteiger partial charge in [-0.05, 0) is 57.2 Å². The van der Waals surface area contributed by atoms with Crippen molar-refractivity contribution in [2.24, 2.45) is 5.92 Å². The summed E-state index contributed by atoms with van der Waals surface area (Å²) in [6, 6.07) is 3.71. The minimum Gasteiger partial charge on any atom is -0.355 e. The summed E-state index contributed by atoms with van der Waals surface area (Å²) in [4.78, 5) is 14.7. The highest BCUT2D eigenvalue weighted by molar-refractivity contribution is 7.89. The molecule has 6 nitrogen and oxygen atoms in total. The maximum absolute atomic E-state index is 12.6. The van der Waals surface area contributed by atoms with Crippen LogP contribution in [0.5, 0.6) is 0 Å². The van der Waals surface area contributed by atoms with Gasteiger partial charge in [0.05, 0.1) is 4.90 Å². The van der Waals surface area contributed by atoms with Gasteiger partial charge >= 0.3 is 0 Å². The van der Waals surface area contributed by atoms with Gasteiger partial charge in [-0.3, -0.25) is 4.79 Å². The Labute approximate surface area is 163 Å². The van der Waals surface area contributed by atoms with E-state index in [2.05, 4.69) is 21.9 Å². The van der Waals surface area contributed by atoms with Crippen molar-refractivity contribution in [1.82, 2.24) is 14.9 Å². The molecular weight excluding hydrogens is 362 g/mol. The number of likely N-dealkylation sites (tertiary alicyclic amines) is 1. The number of carbonyl (C=O) groups is 1. The Bertz CT molecular complexity index is 739. The molecule has 7 heteroatoms. The molecule has 0 aromatic heterocycles. The maximum atomic E-state index is 12.6. The third-order valence-corrected chi connectivity index (χ3v) is 6.77. The number of piperidine rings is 1. The highest BCUT2D eigenvalue weighted by Crippen LogP contribution is 2.21. The highest BCUT2D eigenvalue weighted by atomic mass is 32.2. The molecule has 152 valence electrons. The van der Waals surface area contributed by atoms with Gasteiger partial charge in [0.25, 0.3) is 0 Å². The minimum atomic E-state index is -3.62. The van der Waals surface area contributed by atoms with Crippen molar-refractivity contribution in [3.63, 3.8) is 0 Å². The first-order valence-electron chi connectivity index (χ1n) is 9.75. The summed E-state index contributed by atoms with van der Waals surface area (Å²) >= 11 is 0. The molecule has 1 fully saturated rings. The van der Waals surface area contributed by atoms with Crippen molar-refractivity contribution in [3.05, 3.63) is 28.8 Å². The van der Waals surface area contributed by atoms with Gasteiger partial charge in [0.15, 0.2) is 0 Å². The Morgan fingerprint density at radius 2 is 1.85 bits per heavy atom. The van der Waals surface area contributed by atoms with Crippen molar-refractivity contribution in [3.8, 4) is 0 Å². The van der Waals surface area contributed by atoms with Gasteiger partial charge in [0.2, 0.25) is 15.9 Å². The Kier molecular flexibility index (Phi) is 7.82. The number of hydrogen-bond donors (Lipinski definition) is 2. The maximum Gasteiger partial charge on any atom is 0.241 e. The molecule has 1 unspecified atom stereocenters. The fourth-order valence-corrected chi connectivity index (χ4v) is 5.37. The average Bonchev–Trinajstić information content (AvgIpc) is 2.53. The van der Waals surface area contributed by atoms with Crippen molar-refractivity contribution in [2.45, 2.75) is 51.9 Å². The molecule has 2 N–H and O–H groups in total. The monoisotopic (exact) mass is 395 g/mol. The Morgan fingerprint density at radius 1 is 1.19 bits per heavy atom. The van der Waals surface area contributed by atoms with Crippen LogP contribution in [0.3, 0.4) is 0 Å². The van der Waals surface area contributed by atoms with E-state index < -0.39 is 10.0 Å². The van der Waals surface area contributed by atoms with E-state index in [1.165, 1.54) is 12.8 Å². The van der Waals surface area contributed by atoms with E-state index in [-0.39, 0.29) is 18.9 Å². The Balaban J connectivity index is 1.75. The number of benzene rings is 1. The highest BCUT2D eigenvalue weighted by Gasteiger charge is 2.20. The van der Waals surface area contributed by atoms with Crippen LogP contribution in [0.25, 0.3) is 0 Å². The predicted molar refractivity (Wildman–Crippen MR) is 108 cm³/mol. The number of carbonyl (C=O) groups excluding carboxylic acids is 1. The molecule has 1 saturated heterocycles. The van der Waals surface area contributed by atoms with E-state index in [9.17, 15) is 13.2 Å². The van der Waals surface area contributed by atoms with Gasteiger partial charge < -0.3 is 10.2 Å². The summed E-state index contributed by atoms with van der Waals surface area (Å²) in [7, 11) is -3.62. The zero-order valence-electron chi connectivity index (χ0n) is 17.0. The first-order chi connectivity index (χ1) is 12.7. The first kappa shape index (κ1) is 21.9. The van der Waals surface area contributed by atoms with E-state index in [0.29, 0.717) is 11.4 Å². The third kappa shape index (κ3) is 6.59. The molecule has 0 aliphatic carbocycles. The first-order valence-corrected chi connectivity index (χ1v) is 11.2. The second-order valence-electron chi connectivity index (χ2n) is 7.77. The summed E-state index contributed by atoms with van der Waals surface area (Å²) in [6.45, 7) is 11.5. The number of nitrogens with one attached hydrogen (secondary N) is 2. The molecule has 1 aromatic carbocycles. The number of amides is 1. The quantitative estimate of drug-likeness (QED) is 0.707. The summed E-state index contributed by atoms with van der Waals surface area (Å²) in [5.41, 5.74) is 2.48. The standard InChI is InChI=1S/C20H33N3O3S/c1-15-6-5-10-23(14-15)11-9-21-19(24)7-8-22-27(25,26)20-17(3)12-16(2)13-18(20)4/h12-13,15,22H,5-11,14H2,1-4H3,(H,21,24). The van der Waals surface area contributed by atoms with Gasteiger partial charge in [-0.1, -0.05) is 24.6 Å². The van der Waals surface area contributed by atoms with E-state index in [4.69, 9.17) is 0 Å². The lowest BCUT2D eigenvalue weighted by Gasteiger charge is -2.30.